The van der Waals surface area contributed by atoms with Gasteiger partial charge < -0.3 is 9.31 Å². The molecule has 1 saturated heterocycles. The monoisotopic (exact) mass is 253 g/mol. The van der Waals surface area contributed by atoms with Crippen LogP contribution in [0.3, 0.4) is 0 Å². The number of hydrogen-bond acceptors (Lipinski definition) is 3. The third-order valence-electron chi connectivity index (χ3n) is 3.85. The third kappa shape index (κ3) is 2.26. The second-order valence-corrected chi connectivity index (χ2v) is 5.65. The molecule has 0 aromatic heterocycles. The lowest BCUT2D eigenvalue weighted by Gasteiger charge is -2.32. The molecule has 0 atom stereocenters. The number of terminal acetylenes is 1. The number of benzene rings is 1. The summed E-state index contributed by atoms with van der Waals surface area (Å²) in [6.07, 6.45) is 5.40. The molecule has 19 heavy (non-hydrogen) atoms. The van der Waals surface area contributed by atoms with Crippen molar-refractivity contribution < 1.29 is 9.31 Å². The van der Waals surface area contributed by atoms with Gasteiger partial charge in [-0.1, -0.05) is 5.92 Å². The lowest BCUT2D eigenvalue weighted by Crippen LogP contribution is -2.41. The van der Waals surface area contributed by atoms with E-state index in [1.165, 1.54) is 0 Å². The van der Waals surface area contributed by atoms with E-state index in [9.17, 15) is 5.26 Å². The second kappa shape index (κ2) is 4.42. The first kappa shape index (κ1) is 13.7. The van der Waals surface area contributed by atoms with Crippen LogP contribution in [-0.4, -0.2) is 18.3 Å². The maximum Gasteiger partial charge on any atom is 0.496 e. The maximum atomic E-state index is 9.19. The first-order valence-corrected chi connectivity index (χ1v) is 6.17. The van der Waals surface area contributed by atoms with Gasteiger partial charge >= 0.3 is 7.12 Å². The number of nitriles is 1. The van der Waals surface area contributed by atoms with Crippen molar-refractivity contribution in [2.24, 2.45) is 0 Å². The summed E-state index contributed by atoms with van der Waals surface area (Å²) in [6, 6.07) is 7.38. The van der Waals surface area contributed by atoms with Crippen molar-refractivity contribution in [3.8, 4) is 18.4 Å². The Bertz CT molecular complexity index is 577. The van der Waals surface area contributed by atoms with Crippen molar-refractivity contribution in [3.63, 3.8) is 0 Å². The molecule has 96 valence electrons. The second-order valence-electron chi connectivity index (χ2n) is 5.65. The van der Waals surface area contributed by atoms with Crippen molar-refractivity contribution in [2.75, 3.05) is 0 Å². The average Bonchev–Trinajstić information content (AvgIpc) is 2.57. The van der Waals surface area contributed by atoms with Crippen LogP contribution in [0.4, 0.5) is 0 Å². The Labute approximate surface area is 114 Å². The van der Waals surface area contributed by atoms with Crippen LogP contribution in [0.1, 0.15) is 38.8 Å². The summed E-state index contributed by atoms with van der Waals surface area (Å²) in [4.78, 5) is 0. The largest absolute Gasteiger partial charge is 0.496 e. The van der Waals surface area contributed by atoms with Crippen molar-refractivity contribution in [1.82, 2.24) is 0 Å². The fourth-order valence-corrected chi connectivity index (χ4v) is 1.92. The summed E-state index contributed by atoms with van der Waals surface area (Å²) in [7, 11) is -0.562. The van der Waals surface area contributed by atoms with Gasteiger partial charge in [-0.05, 0) is 45.9 Å². The minimum Gasteiger partial charge on any atom is -0.399 e. The van der Waals surface area contributed by atoms with Gasteiger partial charge in [0.15, 0.2) is 0 Å². The summed E-state index contributed by atoms with van der Waals surface area (Å²) in [6.45, 7) is 7.91. The molecule has 0 unspecified atom stereocenters. The SMILES string of the molecule is C#Cc1ccc(C#N)c(B2OC(C)(C)C(C)(C)O2)c1. The van der Waals surface area contributed by atoms with E-state index in [4.69, 9.17) is 15.7 Å². The predicted molar refractivity (Wildman–Crippen MR) is 74.8 cm³/mol. The predicted octanol–water partition coefficient (Wildman–Crippen LogP) is 1.84. The zero-order chi connectivity index (χ0) is 14.3. The van der Waals surface area contributed by atoms with Crippen molar-refractivity contribution in [1.29, 1.82) is 5.26 Å². The van der Waals surface area contributed by atoms with Crippen LogP contribution >= 0.6 is 0 Å². The molecule has 0 spiro atoms. The van der Waals surface area contributed by atoms with Crippen LogP contribution in [0.2, 0.25) is 0 Å². The fourth-order valence-electron chi connectivity index (χ4n) is 1.92. The van der Waals surface area contributed by atoms with Gasteiger partial charge in [0.05, 0.1) is 22.8 Å². The van der Waals surface area contributed by atoms with Gasteiger partial charge in [0.1, 0.15) is 0 Å². The molecule has 1 aliphatic rings. The lowest BCUT2D eigenvalue weighted by atomic mass is 9.75. The van der Waals surface area contributed by atoms with Gasteiger partial charge in [0, 0.05) is 11.0 Å². The molecule has 0 aliphatic carbocycles. The molecular formula is C15H16BNO2. The van der Waals surface area contributed by atoms with E-state index in [0.29, 0.717) is 16.6 Å². The zero-order valence-corrected chi connectivity index (χ0v) is 11.7. The Hall–Kier alpha value is -1.75. The van der Waals surface area contributed by atoms with E-state index < -0.39 is 18.3 Å². The summed E-state index contributed by atoms with van der Waals surface area (Å²) < 4.78 is 11.9. The third-order valence-corrected chi connectivity index (χ3v) is 3.85. The normalized spacial score (nSPS) is 19.8. The smallest absolute Gasteiger partial charge is 0.399 e. The van der Waals surface area contributed by atoms with Crippen LogP contribution in [0.15, 0.2) is 18.2 Å². The summed E-state index contributed by atoms with van der Waals surface area (Å²) in [5, 5.41) is 9.19. The van der Waals surface area contributed by atoms with E-state index in [0.717, 1.165) is 0 Å². The minimum atomic E-state index is -0.562. The van der Waals surface area contributed by atoms with Gasteiger partial charge in [-0.2, -0.15) is 5.26 Å². The highest BCUT2D eigenvalue weighted by Gasteiger charge is 2.52. The van der Waals surface area contributed by atoms with Crippen molar-refractivity contribution >= 4 is 12.6 Å². The summed E-state index contributed by atoms with van der Waals surface area (Å²) in [5.74, 6) is 2.56. The fraction of sp³-hybridized carbons (Fsp3) is 0.400. The molecule has 0 radical (unpaired) electrons. The molecule has 0 N–H and O–H groups in total. The van der Waals surface area contributed by atoms with Crippen molar-refractivity contribution in [2.45, 2.75) is 38.9 Å². The molecule has 2 rings (SSSR count). The molecule has 3 nitrogen and oxygen atoms in total. The molecule has 1 fully saturated rings. The lowest BCUT2D eigenvalue weighted by molar-refractivity contribution is 0.00578. The molecule has 4 heteroatoms. The molecule has 0 saturated carbocycles. The first-order valence-electron chi connectivity index (χ1n) is 6.17. The summed E-state index contributed by atoms with van der Waals surface area (Å²) in [5.41, 5.74) is 1.06. The zero-order valence-electron chi connectivity index (χ0n) is 11.7. The van der Waals surface area contributed by atoms with Gasteiger partial charge in [-0.3, -0.25) is 0 Å². The molecular weight excluding hydrogens is 237 g/mol. The maximum absolute atomic E-state index is 9.19. The van der Waals surface area contributed by atoms with Gasteiger partial charge in [0.25, 0.3) is 0 Å². The van der Waals surface area contributed by atoms with Crippen molar-refractivity contribution in [3.05, 3.63) is 29.3 Å². The van der Waals surface area contributed by atoms with E-state index in [1.807, 2.05) is 27.7 Å². The van der Waals surface area contributed by atoms with Gasteiger partial charge in [-0.25, -0.2) is 0 Å². The van der Waals surface area contributed by atoms with Crippen LogP contribution in [0, 0.1) is 23.7 Å². The van der Waals surface area contributed by atoms with Gasteiger partial charge in [-0.15, -0.1) is 6.42 Å². The molecule has 1 aromatic carbocycles. The quantitative estimate of drug-likeness (QED) is 0.566. The minimum absolute atomic E-state index is 0.434. The highest BCUT2D eigenvalue weighted by molar-refractivity contribution is 6.62. The van der Waals surface area contributed by atoms with E-state index in [2.05, 4.69) is 12.0 Å². The van der Waals surface area contributed by atoms with Crippen LogP contribution in [0.5, 0.6) is 0 Å². The van der Waals surface area contributed by atoms with Gasteiger partial charge in [0.2, 0.25) is 0 Å². The van der Waals surface area contributed by atoms with E-state index >= 15 is 0 Å². The standard InChI is InChI=1S/C15H16BNO2/c1-6-11-7-8-12(10-17)13(9-11)16-18-14(2,3)15(4,5)19-16/h1,7-9H,2-5H3. The first-order chi connectivity index (χ1) is 8.80. The number of hydrogen-bond donors (Lipinski definition) is 0. The Kier molecular flexibility index (Phi) is 3.18. The van der Waals surface area contributed by atoms with Crippen LogP contribution < -0.4 is 5.46 Å². The Balaban J connectivity index is 2.45. The molecule has 0 amide bonds. The average molecular weight is 253 g/mol. The highest BCUT2D eigenvalue weighted by atomic mass is 16.7. The Morgan fingerprint density at radius 1 is 1.16 bits per heavy atom. The molecule has 0 bridgehead atoms. The molecule has 1 aliphatic heterocycles. The van der Waals surface area contributed by atoms with Crippen LogP contribution in [0.25, 0.3) is 0 Å². The van der Waals surface area contributed by atoms with E-state index in [1.54, 1.807) is 18.2 Å². The number of rotatable bonds is 1. The molecule has 1 heterocycles. The van der Waals surface area contributed by atoms with Crippen LogP contribution in [-0.2, 0) is 9.31 Å². The highest BCUT2D eigenvalue weighted by Crippen LogP contribution is 2.36. The summed E-state index contributed by atoms with van der Waals surface area (Å²) >= 11 is 0. The Morgan fingerprint density at radius 2 is 1.74 bits per heavy atom. The Morgan fingerprint density at radius 3 is 2.21 bits per heavy atom. The topological polar surface area (TPSA) is 42.2 Å². The number of nitrogens with zero attached hydrogens (tertiary/aromatic N) is 1. The van der Waals surface area contributed by atoms with E-state index in [-0.39, 0.29) is 0 Å². The molecule has 1 aromatic rings.